The summed E-state index contributed by atoms with van der Waals surface area (Å²) in [6, 6.07) is 9.57. The molecule has 21 heavy (non-hydrogen) atoms. The van der Waals surface area contributed by atoms with Gasteiger partial charge in [0.1, 0.15) is 0 Å². The van der Waals surface area contributed by atoms with E-state index < -0.39 is 0 Å². The summed E-state index contributed by atoms with van der Waals surface area (Å²) in [5.41, 5.74) is 1.96. The number of rotatable bonds is 6. The van der Waals surface area contributed by atoms with E-state index in [1.165, 1.54) is 0 Å². The minimum Gasteiger partial charge on any atom is -0.308 e. The van der Waals surface area contributed by atoms with Gasteiger partial charge >= 0.3 is 0 Å². The molecule has 1 N–H and O–H groups in total. The van der Waals surface area contributed by atoms with E-state index in [1.807, 2.05) is 24.3 Å². The fourth-order valence-corrected chi connectivity index (χ4v) is 2.63. The number of hydrogen-bond acceptors (Lipinski definition) is 2. The molecule has 1 heterocycles. The van der Waals surface area contributed by atoms with Crippen LogP contribution >= 0.6 is 34.8 Å². The van der Waals surface area contributed by atoms with Gasteiger partial charge < -0.3 is 5.32 Å². The molecule has 5 heteroatoms. The van der Waals surface area contributed by atoms with Crippen LogP contribution in [0.3, 0.4) is 0 Å². The monoisotopic (exact) mass is 342 g/mol. The van der Waals surface area contributed by atoms with Gasteiger partial charge in [-0.05, 0) is 43.1 Å². The van der Waals surface area contributed by atoms with E-state index in [2.05, 4.69) is 17.2 Å². The first-order valence-corrected chi connectivity index (χ1v) is 8.03. The highest BCUT2D eigenvalue weighted by molar-refractivity contribution is 6.42. The summed E-state index contributed by atoms with van der Waals surface area (Å²) in [6.45, 7) is 3.04. The number of pyridine rings is 1. The molecule has 2 rings (SSSR count). The molecule has 1 aromatic heterocycles. The number of halogens is 3. The third kappa shape index (κ3) is 4.58. The molecular weight excluding hydrogens is 327 g/mol. The molecule has 0 saturated carbocycles. The highest BCUT2D eigenvalue weighted by Gasteiger charge is 2.15. The van der Waals surface area contributed by atoms with E-state index in [9.17, 15) is 0 Å². The van der Waals surface area contributed by atoms with Crippen LogP contribution in [0.2, 0.25) is 15.1 Å². The van der Waals surface area contributed by atoms with E-state index in [-0.39, 0.29) is 6.04 Å². The van der Waals surface area contributed by atoms with Crippen LogP contribution in [0.25, 0.3) is 0 Å². The van der Waals surface area contributed by atoms with Crippen molar-refractivity contribution in [1.82, 2.24) is 10.3 Å². The van der Waals surface area contributed by atoms with Crippen LogP contribution in [0.4, 0.5) is 0 Å². The Kier molecular flexibility index (Phi) is 6.31. The Labute approximate surface area is 140 Å². The second-order valence-electron chi connectivity index (χ2n) is 4.83. The van der Waals surface area contributed by atoms with Crippen molar-refractivity contribution in [3.05, 3.63) is 62.9 Å². The minimum absolute atomic E-state index is 0.0817. The zero-order valence-corrected chi connectivity index (χ0v) is 14.0. The summed E-state index contributed by atoms with van der Waals surface area (Å²) < 4.78 is 0. The smallest absolute Gasteiger partial charge is 0.0625 e. The molecule has 0 amide bonds. The van der Waals surface area contributed by atoms with Gasteiger partial charge in [0.05, 0.1) is 26.8 Å². The molecule has 1 unspecified atom stereocenters. The largest absolute Gasteiger partial charge is 0.308 e. The van der Waals surface area contributed by atoms with Crippen LogP contribution in [0.1, 0.15) is 30.6 Å². The van der Waals surface area contributed by atoms with Crippen molar-refractivity contribution >= 4 is 34.8 Å². The Balaban J connectivity index is 2.23. The predicted octanol–water partition coefficient (Wildman–Crippen LogP) is 5.33. The van der Waals surface area contributed by atoms with E-state index >= 15 is 0 Å². The van der Waals surface area contributed by atoms with E-state index in [1.54, 1.807) is 12.3 Å². The Morgan fingerprint density at radius 1 is 1.14 bits per heavy atom. The summed E-state index contributed by atoms with van der Waals surface area (Å²) in [7, 11) is 0. The number of nitrogens with one attached hydrogen (secondary N) is 1. The number of hydrogen-bond donors (Lipinski definition) is 1. The normalized spacial score (nSPS) is 12.4. The standard InChI is InChI=1S/C16H17Cl3N2/c1-2-8-20-15(14-7-6-12(17)10-21-14)9-11-4-3-5-13(18)16(11)19/h3-7,10,15,20H,2,8-9H2,1H3. The molecule has 2 nitrogen and oxygen atoms in total. The zero-order valence-electron chi connectivity index (χ0n) is 11.7. The molecule has 0 aliphatic carbocycles. The van der Waals surface area contributed by atoms with Crippen LogP contribution in [0.15, 0.2) is 36.5 Å². The van der Waals surface area contributed by atoms with Gasteiger partial charge in [0.15, 0.2) is 0 Å². The Hall–Kier alpha value is -0.800. The molecule has 0 aliphatic heterocycles. The van der Waals surface area contributed by atoms with Gasteiger partial charge in [-0.25, -0.2) is 0 Å². The fraction of sp³-hybridized carbons (Fsp3) is 0.312. The summed E-state index contributed by atoms with van der Waals surface area (Å²) in [5, 5.41) is 5.31. The Morgan fingerprint density at radius 3 is 2.62 bits per heavy atom. The molecule has 0 aliphatic rings. The van der Waals surface area contributed by atoms with Crippen molar-refractivity contribution in [3.63, 3.8) is 0 Å². The maximum Gasteiger partial charge on any atom is 0.0625 e. The second-order valence-corrected chi connectivity index (χ2v) is 6.05. The average Bonchev–Trinajstić information content (AvgIpc) is 2.49. The SMILES string of the molecule is CCCNC(Cc1cccc(Cl)c1Cl)c1ccc(Cl)cn1. The molecule has 2 aromatic rings. The van der Waals surface area contributed by atoms with Gasteiger partial charge in [-0.3, -0.25) is 4.98 Å². The lowest BCUT2D eigenvalue weighted by Crippen LogP contribution is -2.25. The quantitative estimate of drug-likeness (QED) is 0.767. The Morgan fingerprint density at radius 2 is 1.95 bits per heavy atom. The van der Waals surface area contributed by atoms with Crippen molar-refractivity contribution < 1.29 is 0 Å². The maximum atomic E-state index is 6.28. The second kappa shape index (κ2) is 8.00. The van der Waals surface area contributed by atoms with Gasteiger partial charge in [-0.1, -0.05) is 53.9 Å². The zero-order chi connectivity index (χ0) is 15.2. The molecule has 0 radical (unpaired) electrons. The molecule has 0 fully saturated rings. The van der Waals surface area contributed by atoms with Crippen molar-refractivity contribution in [2.24, 2.45) is 0 Å². The summed E-state index contributed by atoms with van der Waals surface area (Å²) in [5.74, 6) is 0. The summed E-state index contributed by atoms with van der Waals surface area (Å²) in [4.78, 5) is 4.41. The first-order valence-electron chi connectivity index (χ1n) is 6.89. The van der Waals surface area contributed by atoms with E-state index in [0.717, 1.165) is 30.6 Å². The maximum absolute atomic E-state index is 6.28. The van der Waals surface area contributed by atoms with E-state index in [4.69, 9.17) is 34.8 Å². The highest BCUT2D eigenvalue weighted by atomic mass is 35.5. The lowest BCUT2D eigenvalue weighted by molar-refractivity contribution is 0.518. The average molecular weight is 344 g/mol. The van der Waals surface area contributed by atoms with Gasteiger partial charge in [0, 0.05) is 6.20 Å². The third-order valence-electron chi connectivity index (χ3n) is 3.20. The highest BCUT2D eigenvalue weighted by Crippen LogP contribution is 2.29. The molecule has 1 aromatic carbocycles. The minimum atomic E-state index is 0.0817. The van der Waals surface area contributed by atoms with Crippen molar-refractivity contribution in [3.8, 4) is 0 Å². The lowest BCUT2D eigenvalue weighted by Gasteiger charge is -2.19. The van der Waals surface area contributed by atoms with Gasteiger partial charge in [0.25, 0.3) is 0 Å². The number of aromatic nitrogens is 1. The summed E-state index contributed by atoms with van der Waals surface area (Å²) in [6.07, 6.45) is 3.44. The predicted molar refractivity (Wildman–Crippen MR) is 90.4 cm³/mol. The Bertz CT molecular complexity index is 585. The molecule has 0 bridgehead atoms. The van der Waals surface area contributed by atoms with Crippen LogP contribution < -0.4 is 5.32 Å². The van der Waals surface area contributed by atoms with Gasteiger partial charge in [0.2, 0.25) is 0 Å². The van der Waals surface area contributed by atoms with Crippen LogP contribution in [0, 0.1) is 0 Å². The molecular formula is C16H17Cl3N2. The first kappa shape index (κ1) is 16.6. The van der Waals surface area contributed by atoms with Crippen molar-refractivity contribution in [2.75, 3.05) is 6.54 Å². The number of benzene rings is 1. The van der Waals surface area contributed by atoms with Crippen LogP contribution in [0.5, 0.6) is 0 Å². The topological polar surface area (TPSA) is 24.9 Å². The summed E-state index contributed by atoms with van der Waals surface area (Å²) >= 11 is 18.3. The van der Waals surface area contributed by atoms with Crippen molar-refractivity contribution in [2.45, 2.75) is 25.8 Å². The fourth-order valence-electron chi connectivity index (χ4n) is 2.12. The third-order valence-corrected chi connectivity index (χ3v) is 4.29. The van der Waals surface area contributed by atoms with Crippen LogP contribution in [-0.4, -0.2) is 11.5 Å². The number of nitrogens with zero attached hydrogens (tertiary/aromatic N) is 1. The van der Waals surface area contributed by atoms with Crippen molar-refractivity contribution in [1.29, 1.82) is 0 Å². The van der Waals surface area contributed by atoms with Crippen LogP contribution in [-0.2, 0) is 6.42 Å². The lowest BCUT2D eigenvalue weighted by atomic mass is 10.0. The molecule has 0 spiro atoms. The first-order chi connectivity index (χ1) is 10.1. The van der Waals surface area contributed by atoms with Gasteiger partial charge in [-0.2, -0.15) is 0 Å². The molecule has 0 saturated heterocycles. The van der Waals surface area contributed by atoms with Gasteiger partial charge in [-0.15, -0.1) is 0 Å². The van der Waals surface area contributed by atoms with E-state index in [0.29, 0.717) is 15.1 Å². The molecule has 1 atom stereocenters. The molecule has 112 valence electrons.